The first-order chi connectivity index (χ1) is 18.9. The highest BCUT2D eigenvalue weighted by molar-refractivity contribution is 7.88. The van der Waals surface area contributed by atoms with Gasteiger partial charge in [0.1, 0.15) is 17.7 Å². The van der Waals surface area contributed by atoms with Crippen LogP contribution in [0.1, 0.15) is 31.1 Å². The van der Waals surface area contributed by atoms with Gasteiger partial charge in [0.2, 0.25) is 10.0 Å². The molecule has 0 saturated carbocycles. The molecule has 8 nitrogen and oxygen atoms in total. The van der Waals surface area contributed by atoms with Crippen LogP contribution in [-0.2, 0) is 20.6 Å². The summed E-state index contributed by atoms with van der Waals surface area (Å²) in [6.45, 7) is 3.27. The fourth-order valence-electron chi connectivity index (χ4n) is 4.14. The molecule has 0 spiro atoms. The zero-order valence-corrected chi connectivity index (χ0v) is 22.3. The smallest absolute Gasteiger partial charge is 0.471 e. The minimum atomic E-state index is -5.09. The number of ether oxygens (including phenoxy) is 1. The van der Waals surface area contributed by atoms with Gasteiger partial charge >= 0.3 is 12.1 Å². The van der Waals surface area contributed by atoms with Gasteiger partial charge in [0.25, 0.3) is 0 Å². The van der Waals surface area contributed by atoms with E-state index >= 15 is 0 Å². The number of amides is 1. The number of halogens is 4. The Kier molecular flexibility index (Phi) is 8.45. The van der Waals surface area contributed by atoms with E-state index in [0.717, 1.165) is 0 Å². The fraction of sp³-hybridized carbons (Fsp3) is 0.259. The van der Waals surface area contributed by atoms with Crippen LogP contribution in [-0.4, -0.2) is 42.9 Å². The van der Waals surface area contributed by atoms with E-state index in [1.54, 1.807) is 60.3 Å². The van der Waals surface area contributed by atoms with Crippen molar-refractivity contribution in [2.75, 3.05) is 6.54 Å². The SMILES string of the molecule is CCNS(=O)(=O)Cc1ccc([C@@H](Oc2ccc3c(cnn3-c3ccc(F)cc3)c2)[C@H](C)NC(=O)C(F)(F)F)cc1. The highest BCUT2D eigenvalue weighted by Gasteiger charge is 2.40. The molecule has 2 atom stereocenters. The number of carbonyl (C=O) groups is 1. The van der Waals surface area contributed by atoms with Gasteiger partial charge in [-0.1, -0.05) is 31.2 Å². The minimum absolute atomic E-state index is 0.236. The zero-order chi connectivity index (χ0) is 29.1. The number of nitrogens with zero attached hydrogens (tertiary/aromatic N) is 2. The van der Waals surface area contributed by atoms with Crippen molar-refractivity contribution in [3.8, 4) is 11.4 Å². The average molecular weight is 579 g/mol. The largest absolute Gasteiger partial charge is 0.484 e. The van der Waals surface area contributed by atoms with E-state index in [1.165, 1.54) is 31.2 Å². The molecule has 2 N–H and O–H groups in total. The Bertz CT molecular complexity index is 1590. The average Bonchev–Trinajstić information content (AvgIpc) is 3.30. The molecule has 4 rings (SSSR count). The Hall–Kier alpha value is -3.97. The summed E-state index contributed by atoms with van der Waals surface area (Å²) in [5.74, 6) is -2.48. The molecule has 0 fully saturated rings. The molecule has 1 heterocycles. The van der Waals surface area contributed by atoms with Gasteiger partial charge in [-0.3, -0.25) is 4.79 Å². The predicted octanol–water partition coefficient (Wildman–Crippen LogP) is 4.79. The van der Waals surface area contributed by atoms with Gasteiger partial charge in [0, 0.05) is 11.9 Å². The maximum Gasteiger partial charge on any atom is 0.471 e. The maximum atomic E-state index is 13.3. The van der Waals surface area contributed by atoms with Gasteiger partial charge in [-0.15, -0.1) is 0 Å². The number of hydrogen-bond donors (Lipinski definition) is 2. The summed E-state index contributed by atoms with van der Waals surface area (Å²) >= 11 is 0. The summed E-state index contributed by atoms with van der Waals surface area (Å²) in [6.07, 6.45) is -4.58. The molecule has 0 radical (unpaired) electrons. The first-order valence-electron chi connectivity index (χ1n) is 12.2. The first kappa shape index (κ1) is 29.0. The highest BCUT2D eigenvalue weighted by atomic mass is 32.2. The number of aromatic nitrogens is 2. The summed E-state index contributed by atoms with van der Waals surface area (Å²) in [6, 6.07) is 15.7. The van der Waals surface area contributed by atoms with Crippen LogP contribution in [0.5, 0.6) is 5.75 Å². The summed E-state index contributed by atoms with van der Waals surface area (Å²) in [4.78, 5) is 11.7. The Morgan fingerprint density at radius 2 is 1.73 bits per heavy atom. The summed E-state index contributed by atoms with van der Waals surface area (Å²) in [7, 11) is -3.55. The number of benzene rings is 3. The highest BCUT2D eigenvalue weighted by Crippen LogP contribution is 2.30. The first-order valence-corrected chi connectivity index (χ1v) is 13.9. The van der Waals surface area contributed by atoms with E-state index in [4.69, 9.17) is 4.74 Å². The van der Waals surface area contributed by atoms with Crippen LogP contribution in [0.25, 0.3) is 16.6 Å². The molecule has 0 aliphatic rings. The second-order valence-corrected chi connectivity index (χ2v) is 10.9. The number of carbonyl (C=O) groups excluding carboxylic acids is 1. The van der Waals surface area contributed by atoms with Crippen LogP contribution < -0.4 is 14.8 Å². The van der Waals surface area contributed by atoms with Gasteiger partial charge in [-0.25, -0.2) is 22.2 Å². The van der Waals surface area contributed by atoms with E-state index < -0.39 is 34.3 Å². The van der Waals surface area contributed by atoms with Gasteiger partial charge in [-0.05, 0) is 60.5 Å². The van der Waals surface area contributed by atoms with Crippen molar-refractivity contribution in [1.29, 1.82) is 0 Å². The lowest BCUT2D eigenvalue weighted by molar-refractivity contribution is -0.174. The van der Waals surface area contributed by atoms with E-state index in [0.29, 0.717) is 33.5 Å². The molecule has 0 aliphatic carbocycles. The third kappa shape index (κ3) is 6.96. The summed E-state index contributed by atoms with van der Waals surface area (Å²) in [5.41, 5.74) is 2.19. The van der Waals surface area contributed by atoms with E-state index in [2.05, 4.69) is 9.82 Å². The fourth-order valence-corrected chi connectivity index (χ4v) is 5.31. The standard InChI is InChI=1S/C27H26F4N4O4S/c1-3-33-40(37,38)16-18-4-6-19(7-5-18)25(17(2)34-26(36)27(29,30)31)39-23-12-13-24-20(14-23)15-32-35(24)22-10-8-21(28)9-11-22/h4-15,17,25,33H,3,16H2,1-2H3,(H,34,36)/t17-,25-/m0/s1. The Balaban J connectivity index is 1.63. The molecule has 13 heteroatoms. The molecule has 1 amide bonds. The molecule has 40 heavy (non-hydrogen) atoms. The van der Waals surface area contributed by atoms with Gasteiger partial charge in [0.15, 0.2) is 0 Å². The van der Waals surface area contributed by atoms with Crippen molar-refractivity contribution in [3.05, 3.63) is 89.9 Å². The molecular formula is C27H26F4N4O4S. The van der Waals surface area contributed by atoms with E-state index in [9.17, 15) is 30.8 Å². The second kappa shape index (κ2) is 11.6. The zero-order valence-electron chi connectivity index (χ0n) is 21.4. The van der Waals surface area contributed by atoms with E-state index in [-0.39, 0.29) is 18.1 Å². The number of sulfonamides is 1. The monoisotopic (exact) mass is 578 g/mol. The van der Waals surface area contributed by atoms with Crippen molar-refractivity contribution < 1.29 is 35.5 Å². The van der Waals surface area contributed by atoms with Crippen LogP contribution >= 0.6 is 0 Å². The number of hydrogen-bond acceptors (Lipinski definition) is 5. The number of fused-ring (bicyclic) bond motifs is 1. The van der Waals surface area contributed by atoms with Crippen molar-refractivity contribution in [3.63, 3.8) is 0 Å². The second-order valence-electron chi connectivity index (χ2n) is 9.05. The predicted molar refractivity (Wildman–Crippen MR) is 141 cm³/mol. The topological polar surface area (TPSA) is 102 Å². The van der Waals surface area contributed by atoms with Gasteiger partial charge in [0.05, 0.1) is 29.2 Å². The summed E-state index contributed by atoms with van der Waals surface area (Å²) < 4.78 is 86.5. The Labute approximate surface area is 228 Å². The normalized spacial score (nSPS) is 13.7. The lowest BCUT2D eigenvalue weighted by Crippen LogP contribution is -2.45. The molecule has 3 aromatic carbocycles. The van der Waals surface area contributed by atoms with Crippen LogP contribution in [0.4, 0.5) is 17.6 Å². The van der Waals surface area contributed by atoms with Crippen LogP contribution in [0.2, 0.25) is 0 Å². The molecule has 1 aromatic heterocycles. The third-order valence-electron chi connectivity index (χ3n) is 5.97. The minimum Gasteiger partial charge on any atom is -0.484 e. The molecule has 0 saturated heterocycles. The summed E-state index contributed by atoms with van der Waals surface area (Å²) in [5, 5.41) is 6.91. The van der Waals surface area contributed by atoms with Crippen LogP contribution in [0.3, 0.4) is 0 Å². The van der Waals surface area contributed by atoms with E-state index in [1.807, 2.05) is 5.32 Å². The molecular weight excluding hydrogens is 552 g/mol. The molecule has 212 valence electrons. The van der Waals surface area contributed by atoms with Crippen LogP contribution in [0, 0.1) is 5.82 Å². The lowest BCUT2D eigenvalue weighted by atomic mass is 10.0. The lowest BCUT2D eigenvalue weighted by Gasteiger charge is -2.27. The third-order valence-corrected chi connectivity index (χ3v) is 7.42. The van der Waals surface area contributed by atoms with Gasteiger partial charge in [-0.2, -0.15) is 18.3 Å². The van der Waals surface area contributed by atoms with Crippen molar-refractivity contribution in [2.45, 2.75) is 37.9 Å². The van der Waals surface area contributed by atoms with Crippen LogP contribution in [0.15, 0.2) is 72.9 Å². The Morgan fingerprint density at radius 1 is 1.05 bits per heavy atom. The van der Waals surface area contributed by atoms with Crippen molar-refractivity contribution in [1.82, 2.24) is 19.8 Å². The molecule has 0 aliphatic heterocycles. The maximum absolute atomic E-state index is 13.3. The van der Waals surface area contributed by atoms with Gasteiger partial charge < -0.3 is 10.1 Å². The number of nitrogens with one attached hydrogen (secondary N) is 2. The molecule has 0 bridgehead atoms. The molecule has 0 unspecified atom stereocenters. The number of alkyl halides is 3. The van der Waals surface area contributed by atoms with Crippen molar-refractivity contribution >= 4 is 26.8 Å². The van der Waals surface area contributed by atoms with Crippen molar-refractivity contribution in [2.24, 2.45) is 0 Å². The quantitative estimate of drug-likeness (QED) is 0.264. The number of rotatable bonds is 10. The molecule has 4 aromatic rings. The Morgan fingerprint density at radius 3 is 2.35 bits per heavy atom.